The summed E-state index contributed by atoms with van der Waals surface area (Å²) in [6, 6.07) is 0. The van der Waals surface area contributed by atoms with E-state index in [0.29, 0.717) is 32.1 Å². The monoisotopic (exact) mass is 438 g/mol. The number of hydrogen-bond donors (Lipinski definition) is 4. The Hall–Kier alpha value is -1.24. The van der Waals surface area contributed by atoms with Crippen molar-refractivity contribution in [3.63, 3.8) is 0 Å². The van der Waals surface area contributed by atoms with Gasteiger partial charge < -0.3 is 20.4 Å². The van der Waals surface area contributed by atoms with E-state index in [1.165, 1.54) is 5.57 Å². The highest BCUT2D eigenvalue weighted by atomic mass is 35.5. The number of halogens is 1. The van der Waals surface area contributed by atoms with Crippen molar-refractivity contribution in [3.8, 4) is 0 Å². The number of unbranched alkanes of at least 4 members (excludes halogenated alkanes) is 1. The lowest BCUT2D eigenvalue weighted by Gasteiger charge is -2.19. The first-order valence-corrected chi connectivity index (χ1v) is 11.2. The molecule has 6 heteroatoms. The Morgan fingerprint density at radius 2 is 2.07 bits per heavy atom. The summed E-state index contributed by atoms with van der Waals surface area (Å²) in [5.74, 6) is -0.443. The number of carbonyl (C=O) groups excluding carboxylic acids is 1. The van der Waals surface area contributed by atoms with Gasteiger partial charge in [-0.1, -0.05) is 47.1 Å². The third kappa shape index (κ3) is 7.78. The van der Waals surface area contributed by atoms with Crippen LogP contribution in [0.3, 0.4) is 0 Å². The number of rotatable bonds is 12. The number of ketones is 1. The second kappa shape index (κ2) is 12.6. The SMILES string of the molecule is CC1=C(Cl)C=C(CCC(O)/C=C/C2C(O)CC(O)C2C/C=C/CCCC(=O)CO)C1. The lowest BCUT2D eigenvalue weighted by atomic mass is 9.89. The molecule has 0 heterocycles. The maximum Gasteiger partial charge on any atom is 0.158 e. The van der Waals surface area contributed by atoms with Crippen LogP contribution in [0, 0.1) is 11.8 Å². The molecule has 5 nitrogen and oxygen atoms in total. The zero-order valence-corrected chi connectivity index (χ0v) is 18.5. The molecule has 168 valence electrons. The maximum atomic E-state index is 11.1. The third-order valence-electron chi connectivity index (χ3n) is 6.04. The molecule has 0 aromatic carbocycles. The Morgan fingerprint density at radius 3 is 2.73 bits per heavy atom. The summed E-state index contributed by atoms with van der Waals surface area (Å²) < 4.78 is 0. The van der Waals surface area contributed by atoms with E-state index < -0.39 is 24.9 Å². The molecule has 2 aliphatic carbocycles. The summed E-state index contributed by atoms with van der Waals surface area (Å²) in [4.78, 5) is 11.1. The molecule has 2 aliphatic rings. The molecule has 5 atom stereocenters. The molecule has 0 aromatic rings. The van der Waals surface area contributed by atoms with E-state index in [1.54, 1.807) is 6.08 Å². The topological polar surface area (TPSA) is 98.0 Å². The Morgan fingerprint density at radius 1 is 1.30 bits per heavy atom. The number of allylic oxidation sites excluding steroid dienone is 6. The van der Waals surface area contributed by atoms with Gasteiger partial charge in [0.15, 0.2) is 5.78 Å². The molecule has 30 heavy (non-hydrogen) atoms. The molecule has 4 N–H and O–H groups in total. The second-order valence-electron chi connectivity index (χ2n) is 8.51. The molecular formula is C24H35ClO5. The highest BCUT2D eigenvalue weighted by Gasteiger charge is 2.39. The molecular weight excluding hydrogens is 404 g/mol. The summed E-state index contributed by atoms with van der Waals surface area (Å²) in [7, 11) is 0. The molecule has 0 aliphatic heterocycles. The Bertz CT molecular complexity index is 694. The molecule has 0 saturated heterocycles. The number of hydrogen-bond acceptors (Lipinski definition) is 5. The summed E-state index contributed by atoms with van der Waals surface area (Å²) >= 11 is 6.10. The fraction of sp³-hybridized carbons (Fsp3) is 0.625. The summed E-state index contributed by atoms with van der Waals surface area (Å²) in [5.41, 5.74) is 2.39. The zero-order valence-electron chi connectivity index (χ0n) is 17.7. The van der Waals surface area contributed by atoms with Crippen LogP contribution in [0.5, 0.6) is 0 Å². The first kappa shape index (κ1) is 25.0. The van der Waals surface area contributed by atoms with Crippen molar-refractivity contribution in [1.82, 2.24) is 0 Å². The Balaban J connectivity index is 1.79. The largest absolute Gasteiger partial charge is 0.393 e. The van der Waals surface area contributed by atoms with Crippen LogP contribution < -0.4 is 0 Å². The number of aliphatic hydroxyl groups excluding tert-OH is 4. The molecule has 5 unspecified atom stereocenters. The predicted octanol–water partition coefficient (Wildman–Crippen LogP) is 3.56. The van der Waals surface area contributed by atoms with Crippen LogP contribution in [-0.4, -0.2) is 51.1 Å². The molecule has 1 fully saturated rings. The third-order valence-corrected chi connectivity index (χ3v) is 6.47. The van der Waals surface area contributed by atoms with E-state index in [9.17, 15) is 20.1 Å². The highest BCUT2D eigenvalue weighted by Crippen LogP contribution is 2.36. The zero-order chi connectivity index (χ0) is 22.1. The average molecular weight is 439 g/mol. The highest BCUT2D eigenvalue weighted by molar-refractivity contribution is 6.32. The van der Waals surface area contributed by atoms with E-state index in [1.807, 2.05) is 31.2 Å². The van der Waals surface area contributed by atoms with Crippen LogP contribution in [0.1, 0.15) is 58.3 Å². The van der Waals surface area contributed by atoms with Crippen molar-refractivity contribution in [2.24, 2.45) is 11.8 Å². The molecule has 0 amide bonds. The summed E-state index contributed by atoms with van der Waals surface area (Å²) in [5, 5.41) is 40.5. The Kier molecular flexibility index (Phi) is 10.5. The molecule has 0 bridgehead atoms. The van der Waals surface area contributed by atoms with Gasteiger partial charge >= 0.3 is 0 Å². The number of Topliss-reactive ketones (excluding diaryl/α,β-unsaturated/α-hetero) is 1. The van der Waals surface area contributed by atoms with Gasteiger partial charge in [0, 0.05) is 23.8 Å². The fourth-order valence-corrected chi connectivity index (χ4v) is 4.42. The summed E-state index contributed by atoms with van der Waals surface area (Å²) in [6.45, 7) is 1.61. The molecule has 0 aromatic heterocycles. The average Bonchev–Trinajstić information content (AvgIpc) is 3.17. The standard InChI is InChI=1S/C24H35ClO5/c1-16-12-17(13-22(16)25)8-9-18(27)10-11-21-20(23(29)14-24(21)30)7-5-3-2-4-6-19(28)15-26/h3,5,10-11,13,18,20-21,23-24,26-27,29-30H,2,4,6-9,12,14-15H2,1H3/b5-3+,11-10+. The van der Waals surface area contributed by atoms with Crippen LogP contribution in [0.2, 0.25) is 0 Å². The lowest BCUT2D eigenvalue weighted by Crippen LogP contribution is -2.20. The van der Waals surface area contributed by atoms with E-state index in [4.69, 9.17) is 16.7 Å². The molecule has 0 radical (unpaired) electrons. The fourth-order valence-electron chi connectivity index (χ4n) is 4.20. The minimum absolute atomic E-state index is 0.0954. The van der Waals surface area contributed by atoms with Gasteiger partial charge in [0.05, 0.1) is 18.3 Å². The summed E-state index contributed by atoms with van der Waals surface area (Å²) in [6.07, 6.45) is 12.8. The van der Waals surface area contributed by atoms with Crippen molar-refractivity contribution >= 4 is 17.4 Å². The number of aliphatic hydroxyl groups is 4. The van der Waals surface area contributed by atoms with Gasteiger partial charge in [-0.3, -0.25) is 4.79 Å². The van der Waals surface area contributed by atoms with Crippen molar-refractivity contribution < 1.29 is 25.2 Å². The van der Waals surface area contributed by atoms with Crippen molar-refractivity contribution in [1.29, 1.82) is 0 Å². The van der Waals surface area contributed by atoms with Crippen molar-refractivity contribution in [2.75, 3.05) is 6.61 Å². The van der Waals surface area contributed by atoms with Gasteiger partial charge in [-0.25, -0.2) is 0 Å². The van der Waals surface area contributed by atoms with Gasteiger partial charge in [0.1, 0.15) is 6.61 Å². The van der Waals surface area contributed by atoms with E-state index in [2.05, 4.69) is 0 Å². The van der Waals surface area contributed by atoms with Crippen LogP contribution in [0.15, 0.2) is 46.6 Å². The predicted molar refractivity (Wildman–Crippen MR) is 119 cm³/mol. The van der Waals surface area contributed by atoms with E-state index in [0.717, 1.165) is 29.9 Å². The smallest absolute Gasteiger partial charge is 0.158 e. The minimum Gasteiger partial charge on any atom is -0.393 e. The van der Waals surface area contributed by atoms with Gasteiger partial charge in [0.25, 0.3) is 0 Å². The lowest BCUT2D eigenvalue weighted by molar-refractivity contribution is -0.121. The van der Waals surface area contributed by atoms with Gasteiger partial charge in [0.2, 0.25) is 0 Å². The van der Waals surface area contributed by atoms with Gasteiger partial charge in [-0.15, -0.1) is 0 Å². The van der Waals surface area contributed by atoms with Gasteiger partial charge in [-0.2, -0.15) is 0 Å². The molecule has 0 spiro atoms. The van der Waals surface area contributed by atoms with Crippen molar-refractivity contribution in [2.45, 2.75) is 76.6 Å². The van der Waals surface area contributed by atoms with E-state index in [-0.39, 0.29) is 17.6 Å². The van der Waals surface area contributed by atoms with Crippen molar-refractivity contribution in [3.05, 3.63) is 46.6 Å². The first-order valence-electron chi connectivity index (χ1n) is 10.9. The van der Waals surface area contributed by atoms with Gasteiger partial charge in [-0.05, 0) is 57.4 Å². The second-order valence-corrected chi connectivity index (χ2v) is 8.91. The minimum atomic E-state index is -0.618. The maximum absolute atomic E-state index is 11.1. The van der Waals surface area contributed by atoms with Crippen LogP contribution >= 0.6 is 11.6 Å². The first-order chi connectivity index (χ1) is 14.3. The van der Waals surface area contributed by atoms with E-state index >= 15 is 0 Å². The number of carbonyl (C=O) groups is 1. The molecule has 1 saturated carbocycles. The quantitative estimate of drug-likeness (QED) is 0.276. The van der Waals surface area contributed by atoms with Crippen LogP contribution in [0.4, 0.5) is 0 Å². The van der Waals surface area contributed by atoms with Crippen LogP contribution in [-0.2, 0) is 4.79 Å². The Labute approximate surface area is 184 Å². The molecule has 2 rings (SSSR count). The van der Waals surface area contributed by atoms with Crippen LogP contribution in [0.25, 0.3) is 0 Å². The normalized spacial score (nSPS) is 28.1.